The van der Waals surface area contributed by atoms with Gasteiger partial charge in [-0.05, 0) is 43.6 Å². The number of hydrogen-bond donors (Lipinski definition) is 0. The molecular weight excluding hydrogens is 231 g/mol. The van der Waals surface area contributed by atoms with Crippen LogP contribution in [0.3, 0.4) is 0 Å². The molecule has 0 atom stereocenters. The van der Waals surface area contributed by atoms with E-state index >= 15 is 0 Å². The monoisotopic (exact) mass is 252 g/mol. The molecule has 0 heterocycles. The van der Waals surface area contributed by atoms with Gasteiger partial charge in [-0.25, -0.2) is 4.39 Å². The number of rotatable bonds is 3. The van der Waals surface area contributed by atoms with E-state index in [4.69, 9.17) is 4.43 Å². The lowest BCUT2D eigenvalue weighted by atomic mass is 10.0. The third kappa shape index (κ3) is 3.09. The van der Waals surface area contributed by atoms with Gasteiger partial charge in [-0.15, -0.1) is 0 Å². The molecule has 0 amide bonds. The van der Waals surface area contributed by atoms with Crippen molar-refractivity contribution in [3.8, 4) is 5.75 Å². The second-order valence-electron chi connectivity index (χ2n) is 5.47. The Kier molecular flexibility index (Phi) is 3.87. The zero-order valence-corrected chi connectivity index (χ0v) is 11.7. The molecule has 0 aromatic heterocycles. The lowest BCUT2D eigenvalue weighted by molar-refractivity contribution is 0.426. The summed E-state index contributed by atoms with van der Waals surface area (Å²) in [5, 5.41) is 0. The summed E-state index contributed by atoms with van der Waals surface area (Å²) in [6.07, 6.45) is 6.48. The van der Waals surface area contributed by atoms with Crippen molar-refractivity contribution >= 4 is 8.32 Å². The zero-order chi connectivity index (χ0) is 12.3. The van der Waals surface area contributed by atoms with Crippen LogP contribution in [0.25, 0.3) is 0 Å². The Morgan fingerprint density at radius 2 is 1.76 bits per heavy atom. The highest BCUT2D eigenvalue weighted by molar-refractivity contribution is 6.73. The van der Waals surface area contributed by atoms with Gasteiger partial charge in [0.2, 0.25) is 8.32 Å². The fourth-order valence-electron chi connectivity index (χ4n) is 2.69. The molecule has 94 valence electrons. The van der Waals surface area contributed by atoms with Crippen molar-refractivity contribution in [1.82, 2.24) is 0 Å². The minimum Gasteiger partial charge on any atom is -0.542 e. The molecule has 0 unspecified atom stereocenters. The first-order valence-corrected chi connectivity index (χ1v) is 9.52. The Balaban J connectivity index is 2.08. The first kappa shape index (κ1) is 12.6. The van der Waals surface area contributed by atoms with Gasteiger partial charge in [-0.2, -0.15) is 0 Å². The van der Waals surface area contributed by atoms with Crippen molar-refractivity contribution in [3.63, 3.8) is 0 Å². The molecule has 1 aromatic rings. The summed E-state index contributed by atoms with van der Waals surface area (Å²) in [6.45, 7) is 4.44. The molecule has 1 saturated carbocycles. The lowest BCUT2D eigenvalue weighted by Gasteiger charge is -2.35. The molecule has 1 nitrogen and oxygen atoms in total. The third-order valence-electron chi connectivity index (χ3n) is 3.80. The smallest absolute Gasteiger partial charge is 0.248 e. The van der Waals surface area contributed by atoms with Gasteiger partial charge in [-0.3, -0.25) is 0 Å². The number of hydrogen-bond acceptors (Lipinski definition) is 1. The van der Waals surface area contributed by atoms with Crippen molar-refractivity contribution in [2.45, 2.75) is 50.7 Å². The van der Waals surface area contributed by atoms with E-state index in [9.17, 15) is 4.39 Å². The first-order chi connectivity index (χ1) is 8.09. The predicted molar refractivity (Wildman–Crippen MR) is 71.3 cm³/mol. The molecule has 0 spiro atoms. The second-order valence-corrected chi connectivity index (χ2v) is 9.70. The molecule has 3 heteroatoms. The summed E-state index contributed by atoms with van der Waals surface area (Å²) in [5.74, 6) is 0.207. The molecule has 0 saturated heterocycles. The van der Waals surface area contributed by atoms with Gasteiger partial charge in [0.25, 0.3) is 0 Å². The average Bonchev–Trinajstić information content (AvgIpc) is 2.33. The van der Waals surface area contributed by atoms with Crippen LogP contribution in [0.15, 0.2) is 24.3 Å². The highest BCUT2D eigenvalue weighted by atomic mass is 28.4. The zero-order valence-electron chi connectivity index (χ0n) is 10.7. The van der Waals surface area contributed by atoms with E-state index in [0.717, 1.165) is 0 Å². The normalized spacial score (nSPS) is 18.1. The first-order valence-electron chi connectivity index (χ1n) is 6.53. The Hall–Kier alpha value is -0.833. The molecule has 0 radical (unpaired) electrons. The van der Waals surface area contributed by atoms with Gasteiger partial charge in [-0.1, -0.05) is 31.4 Å². The Morgan fingerprint density at radius 1 is 1.12 bits per heavy atom. The van der Waals surface area contributed by atoms with E-state index < -0.39 is 8.32 Å². The molecule has 2 rings (SSSR count). The Bertz CT molecular complexity index is 372. The van der Waals surface area contributed by atoms with Crippen molar-refractivity contribution in [2.24, 2.45) is 0 Å². The van der Waals surface area contributed by atoms with Crippen LogP contribution in [0, 0.1) is 5.82 Å². The van der Waals surface area contributed by atoms with Crippen LogP contribution >= 0.6 is 0 Å². The molecule has 0 aliphatic heterocycles. The van der Waals surface area contributed by atoms with Crippen LogP contribution in [0.5, 0.6) is 5.75 Å². The summed E-state index contributed by atoms with van der Waals surface area (Å²) in [6, 6.07) is 6.76. The van der Waals surface area contributed by atoms with Gasteiger partial charge < -0.3 is 4.43 Å². The summed E-state index contributed by atoms with van der Waals surface area (Å²) >= 11 is 0. The van der Waals surface area contributed by atoms with Crippen LogP contribution in [-0.2, 0) is 0 Å². The van der Waals surface area contributed by atoms with Crippen molar-refractivity contribution in [2.75, 3.05) is 0 Å². The molecule has 1 fully saturated rings. The SMILES string of the molecule is C[Si](C)(Oc1ccccc1F)C1CCCCC1. The van der Waals surface area contributed by atoms with Gasteiger partial charge in [0, 0.05) is 0 Å². The van der Waals surface area contributed by atoms with Gasteiger partial charge >= 0.3 is 0 Å². The van der Waals surface area contributed by atoms with Crippen LogP contribution in [0.1, 0.15) is 32.1 Å². The van der Waals surface area contributed by atoms with E-state index in [1.165, 1.54) is 38.2 Å². The Morgan fingerprint density at radius 3 is 2.41 bits per heavy atom. The van der Waals surface area contributed by atoms with Gasteiger partial charge in [0.1, 0.15) is 5.75 Å². The van der Waals surface area contributed by atoms with Gasteiger partial charge in [0.05, 0.1) is 0 Å². The van der Waals surface area contributed by atoms with E-state index in [-0.39, 0.29) is 5.82 Å². The second kappa shape index (κ2) is 5.21. The maximum absolute atomic E-state index is 13.6. The summed E-state index contributed by atoms with van der Waals surface area (Å²) in [5.41, 5.74) is 0.677. The molecule has 1 aliphatic carbocycles. The van der Waals surface area contributed by atoms with Crippen LogP contribution in [0.2, 0.25) is 18.6 Å². The fraction of sp³-hybridized carbons (Fsp3) is 0.571. The highest BCUT2D eigenvalue weighted by Crippen LogP contribution is 2.38. The van der Waals surface area contributed by atoms with Crippen molar-refractivity contribution in [1.29, 1.82) is 0 Å². The van der Waals surface area contributed by atoms with Crippen LogP contribution in [-0.4, -0.2) is 8.32 Å². The van der Waals surface area contributed by atoms with Crippen molar-refractivity contribution < 1.29 is 8.82 Å². The average molecular weight is 252 g/mol. The predicted octanol–water partition coefficient (Wildman–Crippen LogP) is 4.74. The molecule has 0 bridgehead atoms. The van der Waals surface area contributed by atoms with Gasteiger partial charge in [0.15, 0.2) is 5.82 Å². The largest absolute Gasteiger partial charge is 0.542 e. The molecule has 0 N–H and O–H groups in total. The topological polar surface area (TPSA) is 9.23 Å². The maximum atomic E-state index is 13.6. The van der Waals surface area contributed by atoms with E-state index in [1.807, 2.05) is 6.07 Å². The van der Waals surface area contributed by atoms with E-state index in [2.05, 4.69) is 13.1 Å². The standard InChI is InChI=1S/C14H21FOSi/c1-17(2,12-8-4-3-5-9-12)16-14-11-7-6-10-13(14)15/h6-7,10-12H,3-5,8-9H2,1-2H3. The Labute approximate surface area is 104 Å². The fourth-order valence-corrected chi connectivity index (χ4v) is 5.39. The quantitative estimate of drug-likeness (QED) is 0.706. The van der Waals surface area contributed by atoms with E-state index in [0.29, 0.717) is 11.3 Å². The molecule has 17 heavy (non-hydrogen) atoms. The van der Waals surface area contributed by atoms with Crippen molar-refractivity contribution in [3.05, 3.63) is 30.1 Å². The highest BCUT2D eigenvalue weighted by Gasteiger charge is 2.36. The minimum atomic E-state index is -1.81. The van der Waals surface area contributed by atoms with E-state index in [1.54, 1.807) is 12.1 Å². The number of benzene rings is 1. The minimum absolute atomic E-state index is 0.233. The molecular formula is C14H21FOSi. The maximum Gasteiger partial charge on any atom is 0.248 e. The number of para-hydroxylation sites is 1. The van der Waals surface area contributed by atoms with Crippen LogP contribution < -0.4 is 4.43 Å². The molecule has 1 aromatic carbocycles. The number of halogens is 1. The van der Waals surface area contributed by atoms with Crippen LogP contribution in [0.4, 0.5) is 4.39 Å². The summed E-state index contributed by atoms with van der Waals surface area (Å²) < 4.78 is 19.6. The summed E-state index contributed by atoms with van der Waals surface area (Å²) in [4.78, 5) is 0. The third-order valence-corrected chi connectivity index (χ3v) is 7.09. The summed E-state index contributed by atoms with van der Waals surface area (Å²) in [7, 11) is -1.81. The lowest BCUT2D eigenvalue weighted by Crippen LogP contribution is -2.41. The molecule has 1 aliphatic rings.